The molecule has 1 aliphatic carbocycles. The molecule has 1 aromatic carbocycles. The first-order valence-corrected chi connectivity index (χ1v) is 8.27. The van der Waals surface area contributed by atoms with Crippen LogP contribution in [0.3, 0.4) is 0 Å². The molecule has 2 aliphatic rings. The summed E-state index contributed by atoms with van der Waals surface area (Å²) >= 11 is 12.4. The van der Waals surface area contributed by atoms with Crippen LogP contribution in [-0.2, 0) is 6.54 Å². The molecule has 1 spiro atoms. The van der Waals surface area contributed by atoms with Gasteiger partial charge in [-0.15, -0.1) is 0 Å². The molecule has 1 atom stereocenters. The van der Waals surface area contributed by atoms with Crippen LogP contribution in [-0.4, -0.2) is 29.6 Å². The highest BCUT2D eigenvalue weighted by Gasteiger charge is 2.39. The summed E-state index contributed by atoms with van der Waals surface area (Å²) in [5.74, 6) is 0. The van der Waals surface area contributed by atoms with E-state index in [1.54, 1.807) is 0 Å². The van der Waals surface area contributed by atoms with Gasteiger partial charge in [-0.05, 0) is 43.5 Å². The van der Waals surface area contributed by atoms with Crippen LogP contribution in [0.2, 0.25) is 10.0 Å². The molecule has 2 fully saturated rings. The number of halogens is 2. The van der Waals surface area contributed by atoms with Gasteiger partial charge in [0.15, 0.2) is 0 Å². The second-order valence-electron chi connectivity index (χ2n) is 6.36. The first-order chi connectivity index (χ1) is 9.58. The summed E-state index contributed by atoms with van der Waals surface area (Å²) in [4.78, 5) is 2.55. The summed E-state index contributed by atoms with van der Waals surface area (Å²) in [7, 11) is 0. The van der Waals surface area contributed by atoms with E-state index in [1.807, 2.05) is 18.2 Å². The molecular weight excluding hydrogens is 291 g/mol. The highest BCUT2D eigenvalue weighted by atomic mass is 35.5. The Hall–Kier alpha value is -0.280. The molecule has 110 valence electrons. The highest BCUT2D eigenvalue weighted by Crippen LogP contribution is 2.34. The molecule has 1 saturated carbocycles. The van der Waals surface area contributed by atoms with E-state index in [0.717, 1.165) is 35.2 Å². The molecule has 0 aromatic heterocycles. The smallest absolute Gasteiger partial charge is 0.0452 e. The van der Waals surface area contributed by atoms with E-state index < -0.39 is 0 Å². The van der Waals surface area contributed by atoms with Crippen molar-refractivity contribution in [1.82, 2.24) is 10.2 Å². The van der Waals surface area contributed by atoms with Crippen LogP contribution in [0.25, 0.3) is 0 Å². The Morgan fingerprint density at radius 1 is 1.30 bits per heavy atom. The fraction of sp³-hybridized carbons (Fsp3) is 0.625. The van der Waals surface area contributed by atoms with Crippen molar-refractivity contribution < 1.29 is 0 Å². The van der Waals surface area contributed by atoms with Gasteiger partial charge in [0.1, 0.15) is 0 Å². The second kappa shape index (κ2) is 5.84. The van der Waals surface area contributed by atoms with E-state index in [1.165, 1.54) is 25.7 Å². The first kappa shape index (κ1) is 14.6. The van der Waals surface area contributed by atoms with Gasteiger partial charge in [0, 0.05) is 41.3 Å². The number of hydrogen-bond donors (Lipinski definition) is 1. The maximum Gasteiger partial charge on any atom is 0.0452 e. The van der Waals surface area contributed by atoms with Crippen molar-refractivity contribution in [1.29, 1.82) is 0 Å². The van der Waals surface area contributed by atoms with Gasteiger partial charge in [0.2, 0.25) is 0 Å². The van der Waals surface area contributed by atoms with E-state index >= 15 is 0 Å². The largest absolute Gasteiger partial charge is 0.308 e. The Bertz CT molecular complexity index is 483. The molecule has 2 nitrogen and oxygen atoms in total. The van der Waals surface area contributed by atoms with Crippen molar-refractivity contribution in [2.24, 2.45) is 0 Å². The van der Waals surface area contributed by atoms with E-state index in [9.17, 15) is 0 Å². The molecule has 1 unspecified atom stereocenters. The SMILES string of the molecule is CC1CNC2(CCCC2)CN1Cc1cc(Cl)ccc1Cl. The van der Waals surface area contributed by atoms with Crippen LogP contribution in [0.5, 0.6) is 0 Å². The average Bonchev–Trinajstić information content (AvgIpc) is 2.87. The van der Waals surface area contributed by atoms with E-state index in [-0.39, 0.29) is 0 Å². The van der Waals surface area contributed by atoms with Crippen molar-refractivity contribution >= 4 is 23.2 Å². The standard InChI is InChI=1S/C16H22Cl2N2/c1-12-9-19-16(6-2-3-7-16)11-20(12)10-13-8-14(17)4-5-15(13)18/h4-5,8,12,19H,2-3,6-7,9-11H2,1H3. The van der Waals surface area contributed by atoms with Crippen LogP contribution in [0.15, 0.2) is 18.2 Å². The second-order valence-corrected chi connectivity index (χ2v) is 7.20. The molecular formula is C16H22Cl2N2. The van der Waals surface area contributed by atoms with Gasteiger partial charge in [-0.3, -0.25) is 4.90 Å². The molecule has 1 aromatic rings. The fourth-order valence-corrected chi connectivity index (χ4v) is 3.95. The van der Waals surface area contributed by atoms with Gasteiger partial charge in [-0.25, -0.2) is 0 Å². The van der Waals surface area contributed by atoms with Crippen molar-refractivity contribution in [3.8, 4) is 0 Å². The Labute approximate surface area is 131 Å². The Morgan fingerprint density at radius 3 is 2.80 bits per heavy atom. The highest BCUT2D eigenvalue weighted by molar-refractivity contribution is 6.33. The third-order valence-electron chi connectivity index (χ3n) is 4.84. The number of nitrogens with zero attached hydrogens (tertiary/aromatic N) is 1. The van der Waals surface area contributed by atoms with Crippen LogP contribution >= 0.6 is 23.2 Å². The minimum atomic E-state index is 0.345. The predicted octanol–water partition coefficient (Wildman–Crippen LogP) is 4.10. The molecule has 0 radical (unpaired) electrons. The minimum Gasteiger partial charge on any atom is -0.308 e. The Balaban J connectivity index is 1.76. The lowest BCUT2D eigenvalue weighted by atomic mass is 9.92. The topological polar surface area (TPSA) is 15.3 Å². The lowest BCUT2D eigenvalue weighted by Crippen LogP contribution is -2.62. The summed E-state index contributed by atoms with van der Waals surface area (Å²) in [6, 6.07) is 6.29. The van der Waals surface area contributed by atoms with Crippen molar-refractivity contribution in [2.75, 3.05) is 13.1 Å². The zero-order chi connectivity index (χ0) is 14.2. The molecule has 1 saturated heterocycles. The predicted molar refractivity (Wildman–Crippen MR) is 85.5 cm³/mol. The van der Waals surface area contributed by atoms with Gasteiger partial charge in [-0.2, -0.15) is 0 Å². The summed E-state index contributed by atoms with van der Waals surface area (Å²) in [5, 5.41) is 5.37. The van der Waals surface area contributed by atoms with Gasteiger partial charge >= 0.3 is 0 Å². The lowest BCUT2D eigenvalue weighted by Gasteiger charge is -2.45. The zero-order valence-electron chi connectivity index (χ0n) is 12.0. The lowest BCUT2D eigenvalue weighted by molar-refractivity contribution is 0.0827. The normalized spacial score (nSPS) is 26.2. The number of benzene rings is 1. The minimum absolute atomic E-state index is 0.345. The quantitative estimate of drug-likeness (QED) is 0.884. The number of hydrogen-bond acceptors (Lipinski definition) is 2. The van der Waals surface area contributed by atoms with Gasteiger partial charge < -0.3 is 5.32 Å². The first-order valence-electron chi connectivity index (χ1n) is 7.51. The average molecular weight is 313 g/mol. The summed E-state index contributed by atoms with van der Waals surface area (Å²) in [5.41, 5.74) is 1.48. The van der Waals surface area contributed by atoms with E-state index in [2.05, 4.69) is 17.1 Å². The van der Waals surface area contributed by atoms with E-state index in [4.69, 9.17) is 23.2 Å². The number of nitrogens with one attached hydrogen (secondary N) is 1. The van der Waals surface area contributed by atoms with Crippen molar-refractivity contribution in [3.63, 3.8) is 0 Å². The summed E-state index contributed by atoms with van der Waals surface area (Å²) < 4.78 is 0. The van der Waals surface area contributed by atoms with Crippen LogP contribution < -0.4 is 5.32 Å². The van der Waals surface area contributed by atoms with Crippen molar-refractivity contribution in [3.05, 3.63) is 33.8 Å². The molecule has 1 heterocycles. The van der Waals surface area contributed by atoms with Crippen LogP contribution in [0.4, 0.5) is 0 Å². The molecule has 0 bridgehead atoms. The molecule has 0 amide bonds. The van der Waals surface area contributed by atoms with Crippen LogP contribution in [0, 0.1) is 0 Å². The maximum absolute atomic E-state index is 6.31. The van der Waals surface area contributed by atoms with E-state index in [0.29, 0.717) is 11.6 Å². The van der Waals surface area contributed by atoms with Crippen molar-refractivity contribution in [2.45, 2.75) is 50.7 Å². The Kier molecular flexibility index (Phi) is 4.28. The molecule has 1 N–H and O–H groups in total. The fourth-order valence-electron chi connectivity index (χ4n) is 3.58. The molecule has 1 aliphatic heterocycles. The summed E-state index contributed by atoms with van der Waals surface area (Å²) in [6.07, 6.45) is 5.32. The third-order valence-corrected chi connectivity index (χ3v) is 5.45. The number of rotatable bonds is 2. The van der Waals surface area contributed by atoms with Crippen LogP contribution in [0.1, 0.15) is 38.2 Å². The summed E-state index contributed by atoms with van der Waals surface area (Å²) in [6.45, 7) is 5.37. The Morgan fingerprint density at radius 2 is 2.05 bits per heavy atom. The van der Waals surface area contributed by atoms with Gasteiger partial charge in [0.05, 0.1) is 0 Å². The third kappa shape index (κ3) is 2.99. The van der Waals surface area contributed by atoms with Gasteiger partial charge in [0.25, 0.3) is 0 Å². The molecule has 3 rings (SSSR count). The molecule has 4 heteroatoms. The zero-order valence-corrected chi connectivity index (χ0v) is 13.5. The van der Waals surface area contributed by atoms with Gasteiger partial charge in [-0.1, -0.05) is 36.0 Å². The maximum atomic E-state index is 6.31. The number of piperazine rings is 1. The molecule has 20 heavy (non-hydrogen) atoms. The monoisotopic (exact) mass is 312 g/mol.